The summed E-state index contributed by atoms with van der Waals surface area (Å²) in [5.41, 5.74) is 1.05. The summed E-state index contributed by atoms with van der Waals surface area (Å²) in [6, 6.07) is 11.8. The van der Waals surface area contributed by atoms with Crippen molar-refractivity contribution < 1.29 is 18.0 Å². The fourth-order valence-electron chi connectivity index (χ4n) is 2.73. The number of rotatable bonds is 5. The molecule has 29 heavy (non-hydrogen) atoms. The Kier molecular flexibility index (Phi) is 5.01. The van der Waals surface area contributed by atoms with Crippen LogP contribution in [0.3, 0.4) is 0 Å². The van der Waals surface area contributed by atoms with E-state index in [0.29, 0.717) is 5.69 Å². The summed E-state index contributed by atoms with van der Waals surface area (Å²) in [6.45, 7) is -0.0447. The molecular formula is C19H14F3N5OS. The molecule has 0 radical (unpaired) electrons. The normalized spacial score (nSPS) is 11.7. The van der Waals surface area contributed by atoms with Crippen LogP contribution in [0.5, 0.6) is 0 Å². The summed E-state index contributed by atoms with van der Waals surface area (Å²) < 4.78 is 39.9. The van der Waals surface area contributed by atoms with Crippen LogP contribution >= 0.6 is 11.3 Å². The first kappa shape index (κ1) is 19.1. The molecule has 3 heterocycles. The van der Waals surface area contributed by atoms with Gasteiger partial charge in [-0.1, -0.05) is 30.3 Å². The van der Waals surface area contributed by atoms with Gasteiger partial charge in [-0.2, -0.15) is 13.2 Å². The van der Waals surface area contributed by atoms with Crippen molar-refractivity contribution in [1.29, 1.82) is 0 Å². The van der Waals surface area contributed by atoms with Gasteiger partial charge < -0.3 is 5.32 Å². The number of hydrogen-bond acceptors (Lipinski definition) is 5. The van der Waals surface area contributed by atoms with E-state index in [0.717, 1.165) is 22.8 Å². The summed E-state index contributed by atoms with van der Waals surface area (Å²) >= 11 is 1.44. The van der Waals surface area contributed by atoms with Crippen molar-refractivity contribution in [2.24, 2.45) is 0 Å². The number of aromatic nitrogens is 4. The van der Waals surface area contributed by atoms with Crippen LogP contribution in [0, 0.1) is 0 Å². The molecule has 148 valence electrons. The largest absolute Gasteiger partial charge is 0.417 e. The highest BCUT2D eigenvalue weighted by Crippen LogP contribution is 2.29. The first-order valence-electron chi connectivity index (χ1n) is 8.57. The molecule has 1 amide bonds. The zero-order valence-electron chi connectivity index (χ0n) is 14.8. The molecule has 0 saturated carbocycles. The lowest BCUT2D eigenvalue weighted by Gasteiger charge is -2.08. The first-order valence-corrected chi connectivity index (χ1v) is 9.45. The Morgan fingerprint density at radius 1 is 1.10 bits per heavy atom. The highest BCUT2D eigenvalue weighted by molar-refractivity contribution is 7.13. The number of halogens is 3. The summed E-state index contributed by atoms with van der Waals surface area (Å²) in [5.74, 6) is -0.0960. The molecule has 4 rings (SSSR count). The van der Waals surface area contributed by atoms with Gasteiger partial charge in [0.05, 0.1) is 24.2 Å². The second-order valence-corrected chi connectivity index (χ2v) is 7.08. The third kappa shape index (κ3) is 4.27. The predicted octanol–water partition coefficient (Wildman–Crippen LogP) is 3.73. The molecule has 0 aliphatic heterocycles. The zero-order valence-corrected chi connectivity index (χ0v) is 15.7. The molecule has 0 unspecified atom stereocenters. The maximum atomic E-state index is 12.9. The Balaban J connectivity index is 1.42. The van der Waals surface area contributed by atoms with Crippen LogP contribution in [0.25, 0.3) is 16.2 Å². The van der Waals surface area contributed by atoms with Crippen LogP contribution in [0.1, 0.15) is 17.1 Å². The van der Waals surface area contributed by atoms with Crippen LogP contribution < -0.4 is 5.32 Å². The van der Waals surface area contributed by atoms with Crippen molar-refractivity contribution >= 4 is 22.9 Å². The van der Waals surface area contributed by atoms with E-state index in [4.69, 9.17) is 0 Å². The van der Waals surface area contributed by atoms with E-state index in [9.17, 15) is 18.0 Å². The number of nitrogens with one attached hydrogen (secondary N) is 1. The topological polar surface area (TPSA) is 72.2 Å². The number of fused-ring (bicyclic) bond motifs is 1. The third-order valence-corrected chi connectivity index (χ3v) is 5.10. The molecule has 3 aromatic heterocycles. The molecule has 0 atom stereocenters. The summed E-state index contributed by atoms with van der Waals surface area (Å²) in [6.07, 6.45) is -3.49. The molecule has 0 bridgehead atoms. The second kappa shape index (κ2) is 7.63. The van der Waals surface area contributed by atoms with Gasteiger partial charge in [-0.3, -0.25) is 9.20 Å². The van der Waals surface area contributed by atoms with Gasteiger partial charge in [-0.15, -0.1) is 21.5 Å². The van der Waals surface area contributed by atoms with Crippen LogP contribution in [0.2, 0.25) is 0 Å². The lowest BCUT2D eigenvalue weighted by molar-refractivity contribution is -0.137. The van der Waals surface area contributed by atoms with Crippen molar-refractivity contribution in [2.45, 2.75) is 19.1 Å². The zero-order chi connectivity index (χ0) is 20.4. The third-order valence-electron chi connectivity index (χ3n) is 4.16. The predicted molar refractivity (Wildman–Crippen MR) is 101 cm³/mol. The van der Waals surface area contributed by atoms with E-state index in [1.807, 2.05) is 35.7 Å². The van der Waals surface area contributed by atoms with Gasteiger partial charge in [0.15, 0.2) is 11.5 Å². The van der Waals surface area contributed by atoms with Crippen LogP contribution in [-0.2, 0) is 23.9 Å². The summed E-state index contributed by atoms with van der Waals surface area (Å²) in [7, 11) is 0. The van der Waals surface area contributed by atoms with Crippen LogP contribution in [-0.4, -0.2) is 25.5 Å². The number of carbonyl (C=O) groups is 1. The van der Waals surface area contributed by atoms with E-state index in [1.165, 1.54) is 21.8 Å². The van der Waals surface area contributed by atoms with Crippen molar-refractivity contribution in [3.63, 3.8) is 0 Å². The molecule has 0 aliphatic carbocycles. The molecule has 0 fully saturated rings. The van der Waals surface area contributed by atoms with Crippen molar-refractivity contribution in [3.8, 4) is 10.6 Å². The van der Waals surface area contributed by atoms with E-state index in [-0.39, 0.29) is 30.3 Å². The molecule has 0 saturated heterocycles. The lowest BCUT2D eigenvalue weighted by atomic mass is 10.2. The Morgan fingerprint density at radius 2 is 1.90 bits per heavy atom. The van der Waals surface area contributed by atoms with Gasteiger partial charge in [0.2, 0.25) is 5.91 Å². The monoisotopic (exact) mass is 417 g/mol. The van der Waals surface area contributed by atoms with Crippen LogP contribution in [0.15, 0.2) is 54.0 Å². The summed E-state index contributed by atoms with van der Waals surface area (Å²) in [4.78, 5) is 16.7. The van der Waals surface area contributed by atoms with E-state index in [1.54, 1.807) is 0 Å². The minimum absolute atomic E-state index is 0.0447. The number of thiazole rings is 1. The second-order valence-electron chi connectivity index (χ2n) is 6.22. The highest BCUT2D eigenvalue weighted by atomic mass is 32.1. The van der Waals surface area contributed by atoms with Crippen molar-refractivity contribution in [2.75, 3.05) is 0 Å². The summed E-state index contributed by atoms with van der Waals surface area (Å²) in [5, 5.41) is 13.0. The number of benzene rings is 1. The molecule has 1 N–H and O–H groups in total. The molecule has 0 aliphatic rings. The Hall–Kier alpha value is -3.27. The highest BCUT2D eigenvalue weighted by Gasteiger charge is 2.31. The maximum absolute atomic E-state index is 12.9. The van der Waals surface area contributed by atoms with Gasteiger partial charge >= 0.3 is 6.18 Å². The number of alkyl halides is 3. The maximum Gasteiger partial charge on any atom is 0.417 e. The first-order chi connectivity index (χ1) is 13.9. The van der Waals surface area contributed by atoms with Gasteiger partial charge in [0, 0.05) is 17.1 Å². The van der Waals surface area contributed by atoms with E-state index in [2.05, 4.69) is 20.5 Å². The fraction of sp³-hybridized carbons (Fsp3) is 0.158. The van der Waals surface area contributed by atoms with Gasteiger partial charge in [0.25, 0.3) is 0 Å². The number of pyridine rings is 1. The van der Waals surface area contributed by atoms with Gasteiger partial charge in [0.1, 0.15) is 5.01 Å². The van der Waals surface area contributed by atoms with Crippen LogP contribution in [0.4, 0.5) is 13.2 Å². The van der Waals surface area contributed by atoms with Gasteiger partial charge in [-0.25, -0.2) is 4.98 Å². The molecule has 0 spiro atoms. The quantitative estimate of drug-likeness (QED) is 0.537. The molecule has 4 aromatic rings. The number of carbonyl (C=O) groups excluding carboxylic acids is 1. The van der Waals surface area contributed by atoms with Crippen molar-refractivity contribution in [3.05, 3.63) is 71.1 Å². The average Bonchev–Trinajstić information content (AvgIpc) is 3.33. The number of hydrogen-bond donors (Lipinski definition) is 1. The lowest BCUT2D eigenvalue weighted by Crippen LogP contribution is -2.25. The molecule has 6 nitrogen and oxygen atoms in total. The van der Waals surface area contributed by atoms with Crippen molar-refractivity contribution in [1.82, 2.24) is 24.9 Å². The smallest absolute Gasteiger partial charge is 0.348 e. The Morgan fingerprint density at radius 3 is 2.66 bits per heavy atom. The minimum atomic E-state index is -4.47. The fourth-order valence-corrected chi connectivity index (χ4v) is 3.56. The minimum Gasteiger partial charge on any atom is -0.348 e. The van der Waals surface area contributed by atoms with E-state index >= 15 is 0 Å². The number of nitrogens with zero attached hydrogens (tertiary/aromatic N) is 4. The molecule has 1 aromatic carbocycles. The SMILES string of the molecule is O=C(Cc1csc(-c2ccccc2)n1)NCc1nnc2ccc(C(F)(F)F)cn12. The average molecular weight is 417 g/mol. The standard InChI is InChI=1S/C19H14F3N5OS/c20-19(21,22)13-6-7-15-25-26-16(27(15)10-13)9-23-17(28)8-14-11-29-18(24-14)12-4-2-1-3-5-12/h1-7,10-11H,8-9H2,(H,23,28). The molecular weight excluding hydrogens is 403 g/mol. The molecule has 10 heteroatoms. The van der Waals surface area contributed by atoms with E-state index < -0.39 is 11.7 Å². The van der Waals surface area contributed by atoms with Gasteiger partial charge in [-0.05, 0) is 12.1 Å². The number of amides is 1. The Bertz CT molecular complexity index is 1150. The Labute approximate surface area is 167 Å².